The van der Waals surface area contributed by atoms with Crippen molar-refractivity contribution in [1.29, 1.82) is 0 Å². The number of ether oxygens (including phenoxy) is 2. The lowest BCUT2D eigenvalue weighted by Gasteiger charge is -2.04. The monoisotopic (exact) mass is 492 g/mol. The van der Waals surface area contributed by atoms with Crippen LogP contribution in [-0.2, 0) is 9.53 Å². The van der Waals surface area contributed by atoms with Gasteiger partial charge in [0.2, 0.25) is 5.90 Å². The molecule has 0 aromatic heterocycles. The van der Waals surface area contributed by atoms with E-state index in [2.05, 4.69) is 20.9 Å². The third-order valence-electron chi connectivity index (χ3n) is 4.38. The van der Waals surface area contributed by atoms with Gasteiger partial charge in [-0.3, -0.25) is 10.1 Å². The molecule has 0 N–H and O–H groups in total. The number of nitro groups is 1. The maximum atomic E-state index is 12.3. The highest BCUT2D eigenvalue weighted by Gasteiger charge is 2.24. The van der Waals surface area contributed by atoms with Crippen LogP contribution in [0.1, 0.15) is 21.5 Å². The largest absolute Gasteiger partial charge is 0.423 e. The fourth-order valence-electron chi connectivity index (χ4n) is 2.86. The van der Waals surface area contributed by atoms with E-state index in [1.807, 2.05) is 12.1 Å². The first-order valence-corrected chi connectivity index (χ1v) is 10.0. The van der Waals surface area contributed by atoms with E-state index in [1.54, 1.807) is 42.5 Å². The summed E-state index contributed by atoms with van der Waals surface area (Å²) in [4.78, 5) is 38.9. The van der Waals surface area contributed by atoms with E-state index in [0.717, 1.165) is 10.5 Å². The SMILES string of the molecule is O=C1OC(c2cccc(Br)c2)=N/C1=C/c1ccc(OC(=O)c2cccc([N+](=O)[O-])c2)cc1. The van der Waals surface area contributed by atoms with Crippen LogP contribution in [0.4, 0.5) is 5.69 Å². The molecule has 4 rings (SSSR count). The lowest BCUT2D eigenvalue weighted by atomic mass is 10.2. The lowest BCUT2D eigenvalue weighted by Crippen LogP contribution is -2.08. The number of benzene rings is 3. The average molecular weight is 493 g/mol. The summed E-state index contributed by atoms with van der Waals surface area (Å²) in [5, 5.41) is 10.9. The highest BCUT2D eigenvalue weighted by Crippen LogP contribution is 2.23. The standard InChI is InChI=1S/C23H13BrN2O6/c24-17-5-1-3-15(12-17)21-25-20(23(28)32-21)11-14-7-9-19(10-8-14)31-22(27)16-4-2-6-18(13-16)26(29)30/h1-13H/b20-11+. The summed E-state index contributed by atoms with van der Waals surface area (Å²) in [6, 6.07) is 18.9. The van der Waals surface area contributed by atoms with Gasteiger partial charge in [0.05, 0.1) is 10.5 Å². The number of cyclic esters (lactones) is 1. The van der Waals surface area contributed by atoms with E-state index >= 15 is 0 Å². The number of rotatable bonds is 5. The van der Waals surface area contributed by atoms with Gasteiger partial charge in [-0.15, -0.1) is 0 Å². The van der Waals surface area contributed by atoms with Crippen molar-refractivity contribution in [2.24, 2.45) is 4.99 Å². The van der Waals surface area contributed by atoms with Crippen LogP contribution >= 0.6 is 15.9 Å². The van der Waals surface area contributed by atoms with E-state index in [0.29, 0.717) is 11.1 Å². The molecule has 3 aromatic carbocycles. The molecule has 0 saturated carbocycles. The molecular weight excluding hydrogens is 480 g/mol. The molecule has 0 radical (unpaired) electrons. The van der Waals surface area contributed by atoms with Gasteiger partial charge in [-0.25, -0.2) is 14.6 Å². The Kier molecular flexibility index (Phi) is 5.91. The Morgan fingerprint density at radius 2 is 1.81 bits per heavy atom. The minimum absolute atomic E-state index is 0.0634. The lowest BCUT2D eigenvalue weighted by molar-refractivity contribution is -0.384. The molecule has 0 bridgehead atoms. The molecule has 1 heterocycles. The van der Waals surface area contributed by atoms with E-state index in [9.17, 15) is 19.7 Å². The maximum absolute atomic E-state index is 12.3. The summed E-state index contributed by atoms with van der Waals surface area (Å²) in [5.41, 5.74) is 1.31. The number of nitro benzene ring substituents is 1. The number of carbonyl (C=O) groups is 2. The summed E-state index contributed by atoms with van der Waals surface area (Å²) in [6.07, 6.45) is 1.56. The first-order chi connectivity index (χ1) is 15.4. The molecule has 0 atom stereocenters. The molecule has 0 fully saturated rings. The zero-order valence-corrected chi connectivity index (χ0v) is 17.8. The van der Waals surface area contributed by atoms with Crippen molar-refractivity contribution in [2.75, 3.05) is 0 Å². The van der Waals surface area contributed by atoms with Crippen LogP contribution in [0, 0.1) is 10.1 Å². The predicted molar refractivity (Wildman–Crippen MR) is 119 cm³/mol. The Morgan fingerprint density at radius 1 is 1.06 bits per heavy atom. The Hall–Kier alpha value is -4.11. The molecule has 0 aliphatic carbocycles. The summed E-state index contributed by atoms with van der Waals surface area (Å²) in [5.74, 6) is -0.829. The molecule has 1 aliphatic rings. The minimum Gasteiger partial charge on any atom is -0.423 e. The Labute approximate surface area is 190 Å². The van der Waals surface area contributed by atoms with E-state index in [-0.39, 0.29) is 28.6 Å². The normalized spacial score (nSPS) is 14.1. The molecule has 1 aliphatic heterocycles. The van der Waals surface area contributed by atoms with Gasteiger partial charge < -0.3 is 9.47 Å². The zero-order valence-electron chi connectivity index (χ0n) is 16.2. The van der Waals surface area contributed by atoms with Crippen molar-refractivity contribution < 1.29 is 24.0 Å². The summed E-state index contributed by atoms with van der Waals surface area (Å²) >= 11 is 3.37. The van der Waals surface area contributed by atoms with Crippen LogP contribution in [0.15, 0.2) is 88.0 Å². The number of hydrogen-bond donors (Lipinski definition) is 0. The third kappa shape index (κ3) is 4.79. The number of non-ortho nitro benzene ring substituents is 1. The molecule has 0 saturated heterocycles. The minimum atomic E-state index is -0.720. The number of nitrogens with zero attached hydrogens (tertiary/aromatic N) is 2. The third-order valence-corrected chi connectivity index (χ3v) is 4.87. The Bertz CT molecular complexity index is 1300. The highest BCUT2D eigenvalue weighted by atomic mass is 79.9. The fraction of sp³-hybridized carbons (Fsp3) is 0. The molecule has 0 spiro atoms. The van der Waals surface area contributed by atoms with Gasteiger partial charge in [-0.2, -0.15) is 0 Å². The number of hydrogen-bond acceptors (Lipinski definition) is 7. The number of halogens is 1. The number of esters is 2. The topological polar surface area (TPSA) is 108 Å². The summed E-state index contributed by atoms with van der Waals surface area (Å²) in [7, 11) is 0. The van der Waals surface area contributed by atoms with Gasteiger partial charge >= 0.3 is 11.9 Å². The fourth-order valence-corrected chi connectivity index (χ4v) is 3.26. The molecular formula is C23H13BrN2O6. The number of carbonyl (C=O) groups excluding carboxylic acids is 2. The van der Waals surface area contributed by atoms with Gasteiger partial charge in [0.1, 0.15) is 5.75 Å². The van der Waals surface area contributed by atoms with Gasteiger partial charge in [0.25, 0.3) is 5.69 Å². The molecule has 0 amide bonds. The molecule has 3 aromatic rings. The second kappa shape index (κ2) is 8.94. The van der Waals surface area contributed by atoms with Crippen LogP contribution in [0.2, 0.25) is 0 Å². The predicted octanol–water partition coefficient (Wildman–Crippen LogP) is 4.92. The van der Waals surface area contributed by atoms with E-state index < -0.39 is 16.9 Å². The van der Waals surface area contributed by atoms with Crippen LogP contribution in [0.5, 0.6) is 5.75 Å². The average Bonchev–Trinajstić information content (AvgIpc) is 3.15. The zero-order chi connectivity index (χ0) is 22.7. The van der Waals surface area contributed by atoms with Crippen LogP contribution in [0.25, 0.3) is 6.08 Å². The molecule has 158 valence electrons. The maximum Gasteiger partial charge on any atom is 0.363 e. The molecule has 9 heteroatoms. The van der Waals surface area contributed by atoms with Crippen molar-refractivity contribution in [2.45, 2.75) is 0 Å². The van der Waals surface area contributed by atoms with Gasteiger partial charge in [-0.1, -0.05) is 40.2 Å². The van der Waals surface area contributed by atoms with Crippen molar-refractivity contribution in [3.8, 4) is 5.75 Å². The Morgan fingerprint density at radius 3 is 2.53 bits per heavy atom. The second-order valence-corrected chi connectivity index (χ2v) is 7.53. The highest BCUT2D eigenvalue weighted by molar-refractivity contribution is 9.10. The van der Waals surface area contributed by atoms with Gasteiger partial charge in [0, 0.05) is 22.2 Å². The quantitative estimate of drug-likeness (QED) is 0.164. The van der Waals surface area contributed by atoms with Gasteiger partial charge in [-0.05, 0) is 48.0 Å². The summed E-state index contributed by atoms with van der Waals surface area (Å²) < 4.78 is 11.3. The van der Waals surface area contributed by atoms with Gasteiger partial charge in [0.15, 0.2) is 5.70 Å². The first kappa shape index (κ1) is 21.1. The van der Waals surface area contributed by atoms with E-state index in [1.165, 1.54) is 18.2 Å². The van der Waals surface area contributed by atoms with Crippen molar-refractivity contribution in [1.82, 2.24) is 0 Å². The van der Waals surface area contributed by atoms with Crippen molar-refractivity contribution >= 4 is 45.5 Å². The van der Waals surface area contributed by atoms with Crippen molar-refractivity contribution in [3.05, 3.63) is 110 Å². The van der Waals surface area contributed by atoms with Crippen LogP contribution in [-0.4, -0.2) is 22.8 Å². The first-order valence-electron chi connectivity index (χ1n) is 9.24. The number of aliphatic imine (C=N–C) groups is 1. The van der Waals surface area contributed by atoms with Crippen LogP contribution < -0.4 is 4.74 Å². The van der Waals surface area contributed by atoms with Crippen molar-refractivity contribution in [3.63, 3.8) is 0 Å². The molecule has 32 heavy (non-hydrogen) atoms. The Balaban J connectivity index is 1.48. The summed E-state index contributed by atoms with van der Waals surface area (Å²) in [6.45, 7) is 0. The molecule has 8 nitrogen and oxygen atoms in total. The van der Waals surface area contributed by atoms with Crippen LogP contribution in [0.3, 0.4) is 0 Å². The smallest absolute Gasteiger partial charge is 0.363 e. The second-order valence-electron chi connectivity index (χ2n) is 6.61. The van der Waals surface area contributed by atoms with E-state index in [4.69, 9.17) is 9.47 Å². The molecule has 0 unspecified atom stereocenters.